The van der Waals surface area contributed by atoms with Crippen molar-refractivity contribution < 1.29 is 9.15 Å². The Labute approximate surface area is 140 Å². The number of nitrogens with one attached hydrogen (secondary N) is 1. The third kappa shape index (κ3) is 4.19. The molecule has 1 aliphatic rings. The van der Waals surface area contributed by atoms with E-state index in [1.165, 1.54) is 12.8 Å². The lowest BCUT2D eigenvalue weighted by Gasteiger charge is -2.21. The Hall–Kier alpha value is -1.16. The summed E-state index contributed by atoms with van der Waals surface area (Å²) in [6, 6.07) is 9.21. The Kier molecular flexibility index (Phi) is 5.29. The number of halogens is 2. The van der Waals surface area contributed by atoms with Gasteiger partial charge in [0.2, 0.25) is 0 Å². The molecule has 2 heterocycles. The fourth-order valence-corrected chi connectivity index (χ4v) is 3.18. The summed E-state index contributed by atoms with van der Waals surface area (Å²) in [5, 5.41) is 4.49. The molecule has 0 radical (unpaired) electrons. The van der Waals surface area contributed by atoms with Gasteiger partial charge in [-0.25, -0.2) is 0 Å². The standard InChI is InChI=1S/C17H19Cl2NO2/c18-13-1-4-17(16(19)10-13)21-11-15-3-2-14(22-15)9-12-5-7-20-8-6-12/h1-4,10,12,20H,5-9,11H2. The van der Waals surface area contributed by atoms with Crippen molar-refractivity contribution in [2.45, 2.75) is 25.9 Å². The van der Waals surface area contributed by atoms with E-state index in [0.29, 0.717) is 28.3 Å². The average molecular weight is 340 g/mol. The molecule has 0 amide bonds. The van der Waals surface area contributed by atoms with E-state index in [4.69, 9.17) is 32.4 Å². The quantitative estimate of drug-likeness (QED) is 0.856. The Morgan fingerprint density at radius 1 is 1.09 bits per heavy atom. The molecule has 1 aromatic heterocycles. The van der Waals surface area contributed by atoms with E-state index in [0.717, 1.165) is 31.0 Å². The van der Waals surface area contributed by atoms with Gasteiger partial charge in [0.1, 0.15) is 23.9 Å². The van der Waals surface area contributed by atoms with Crippen LogP contribution < -0.4 is 10.1 Å². The van der Waals surface area contributed by atoms with Crippen LogP contribution in [0.2, 0.25) is 10.0 Å². The van der Waals surface area contributed by atoms with Crippen molar-refractivity contribution in [1.82, 2.24) is 5.32 Å². The van der Waals surface area contributed by atoms with Gasteiger partial charge < -0.3 is 14.5 Å². The lowest BCUT2D eigenvalue weighted by atomic mass is 9.94. The van der Waals surface area contributed by atoms with E-state index < -0.39 is 0 Å². The van der Waals surface area contributed by atoms with Gasteiger partial charge in [-0.15, -0.1) is 0 Å². The number of hydrogen-bond acceptors (Lipinski definition) is 3. The summed E-state index contributed by atoms with van der Waals surface area (Å²) in [5.74, 6) is 3.18. The maximum absolute atomic E-state index is 6.08. The zero-order valence-corrected chi connectivity index (χ0v) is 13.8. The van der Waals surface area contributed by atoms with Crippen LogP contribution in [0.4, 0.5) is 0 Å². The fraction of sp³-hybridized carbons (Fsp3) is 0.412. The van der Waals surface area contributed by atoms with Crippen LogP contribution >= 0.6 is 23.2 Å². The van der Waals surface area contributed by atoms with E-state index in [9.17, 15) is 0 Å². The third-order valence-electron chi connectivity index (χ3n) is 3.93. The minimum Gasteiger partial charge on any atom is -0.484 e. The summed E-state index contributed by atoms with van der Waals surface area (Å²) in [6.45, 7) is 2.58. The molecule has 3 rings (SSSR count). The van der Waals surface area contributed by atoms with Crippen LogP contribution in [-0.4, -0.2) is 13.1 Å². The summed E-state index contributed by atoms with van der Waals surface area (Å²) in [4.78, 5) is 0. The highest BCUT2D eigenvalue weighted by Crippen LogP contribution is 2.28. The molecule has 1 saturated heterocycles. The Balaban J connectivity index is 1.55. The maximum Gasteiger partial charge on any atom is 0.146 e. The summed E-state index contributed by atoms with van der Waals surface area (Å²) in [5.41, 5.74) is 0. The second-order valence-corrected chi connectivity index (χ2v) is 6.47. The molecule has 0 atom stereocenters. The lowest BCUT2D eigenvalue weighted by Crippen LogP contribution is -2.28. The first-order valence-corrected chi connectivity index (χ1v) is 8.32. The maximum atomic E-state index is 6.08. The highest BCUT2D eigenvalue weighted by atomic mass is 35.5. The van der Waals surface area contributed by atoms with Gasteiger partial charge in [-0.2, -0.15) is 0 Å². The number of rotatable bonds is 5. The number of benzene rings is 1. The van der Waals surface area contributed by atoms with Crippen LogP contribution in [0.25, 0.3) is 0 Å². The normalized spacial score (nSPS) is 15.9. The average Bonchev–Trinajstić information content (AvgIpc) is 2.95. The van der Waals surface area contributed by atoms with E-state index in [1.807, 2.05) is 12.1 Å². The van der Waals surface area contributed by atoms with E-state index in [-0.39, 0.29) is 0 Å². The van der Waals surface area contributed by atoms with E-state index in [2.05, 4.69) is 5.32 Å². The molecule has 2 aromatic rings. The van der Waals surface area contributed by atoms with E-state index in [1.54, 1.807) is 18.2 Å². The molecule has 22 heavy (non-hydrogen) atoms. The predicted octanol–water partition coefficient (Wildman–Crippen LogP) is 4.71. The second-order valence-electron chi connectivity index (χ2n) is 5.63. The molecule has 1 aromatic carbocycles. The zero-order valence-electron chi connectivity index (χ0n) is 12.3. The summed E-state index contributed by atoms with van der Waals surface area (Å²) < 4.78 is 11.5. The van der Waals surface area contributed by atoms with Gasteiger partial charge in [-0.3, -0.25) is 0 Å². The first-order valence-electron chi connectivity index (χ1n) is 7.57. The molecule has 0 saturated carbocycles. The fourth-order valence-electron chi connectivity index (χ4n) is 2.72. The van der Waals surface area contributed by atoms with Crippen LogP contribution in [0.3, 0.4) is 0 Å². The molecule has 1 fully saturated rings. The van der Waals surface area contributed by atoms with Crippen molar-refractivity contribution in [3.63, 3.8) is 0 Å². The smallest absolute Gasteiger partial charge is 0.146 e. The van der Waals surface area contributed by atoms with Gasteiger partial charge in [0, 0.05) is 11.4 Å². The van der Waals surface area contributed by atoms with Crippen LogP contribution in [-0.2, 0) is 13.0 Å². The molecule has 0 aliphatic carbocycles. The number of furan rings is 1. The summed E-state index contributed by atoms with van der Waals surface area (Å²) in [6.07, 6.45) is 3.43. The lowest BCUT2D eigenvalue weighted by molar-refractivity contribution is 0.261. The molecule has 0 unspecified atom stereocenters. The predicted molar refractivity (Wildman–Crippen MR) is 88.8 cm³/mol. The van der Waals surface area contributed by atoms with Gasteiger partial charge in [-0.1, -0.05) is 23.2 Å². The molecular formula is C17H19Cl2NO2. The van der Waals surface area contributed by atoms with Crippen LogP contribution in [0.15, 0.2) is 34.7 Å². The minimum atomic E-state index is 0.369. The zero-order chi connectivity index (χ0) is 15.4. The van der Waals surface area contributed by atoms with Crippen LogP contribution in [0.1, 0.15) is 24.4 Å². The van der Waals surface area contributed by atoms with Crippen molar-refractivity contribution in [1.29, 1.82) is 0 Å². The van der Waals surface area contributed by atoms with Crippen molar-refractivity contribution in [2.24, 2.45) is 5.92 Å². The van der Waals surface area contributed by atoms with Gasteiger partial charge in [0.25, 0.3) is 0 Å². The molecule has 0 spiro atoms. The SMILES string of the molecule is Clc1ccc(OCc2ccc(CC3CCNCC3)o2)c(Cl)c1. The molecule has 5 heteroatoms. The number of piperidine rings is 1. The van der Waals surface area contributed by atoms with Crippen molar-refractivity contribution in [2.75, 3.05) is 13.1 Å². The molecule has 3 nitrogen and oxygen atoms in total. The van der Waals surface area contributed by atoms with Crippen molar-refractivity contribution in [3.8, 4) is 5.75 Å². The molecule has 1 aliphatic heterocycles. The Bertz CT molecular complexity index is 621. The third-order valence-corrected chi connectivity index (χ3v) is 4.46. The van der Waals surface area contributed by atoms with Crippen molar-refractivity contribution >= 4 is 23.2 Å². The second kappa shape index (κ2) is 7.40. The molecule has 1 N–H and O–H groups in total. The first-order chi connectivity index (χ1) is 10.7. The van der Waals surface area contributed by atoms with Crippen molar-refractivity contribution in [3.05, 3.63) is 51.9 Å². The van der Waals surface area contributed by atoms with Gasteiger partial charge in [-0.05, 0) is 62.2 Å². The highest BCUT2D eigenvalue weighted by Gasteiger charge is 2.15. The topological polar surface area (TPSA) is 34.4 Å². The summed E-state index contributed by atoms with van der Waals surface area (Å²) in [7, 11) is 0. The van der Waals surface area contributed by atoms with Gasteiger partial charge in [0.15, 0.2) is 0 Å². The first kappa shape index (κ1) is 15.7. The van der Waals surface area contributed by atoms with Gasteiger partial charge >= 0.3 is 0 Å². The minimum absolute atomic E-state index is 0.369. The number of ether oxygens (including phenoxy) is 1. The molecular weight excluding hydrogens is 321 g/mol. The van der Waals surface area contributed by atoms with Crippen LogP contribution in [0, 0.1) is 5.92 Å². The summed E-state index contributed by atoms with van der Waals surface area (Å²) >= 11 is 12.0. The van der Waals surface area contributed by atoms with Gasteiger partial charge in [0.05, 0.1) is 5.02 Å². The molecule has 118 valence electrons. The monoisotopic (exact) mass is 339 g/mol. The van der Waals surface area contributed by atoms with E-state index >= 15 is 0 Å². The van der Waals surface area contributed by atoms with Crippen LogP contribution in [0.5, 0.6) is 5.75 Å². The molecule has 0 bridgehead atoms. The Morgan fingerprint density at radius 3 is 2.64 bits per heavy atom. The largest absolute Gasteiger partial charge is 0.484 e. The number of hydrogen-bond donors (Lipinski definition) is 1. The Morgan fingerprint density at radius 2 is 1.86 bits per heavy atom. The highest BCUT2D eigenvalue weighted by molar-refractivity contribution is 6.35.